The maximum Gasteiger partial charge on any atom is 0.416 e. The van der Waals surface area contributed by atoms with Crippen molar-refractivity contribution in [2.75, 3.05) is 13.3 Å². The first-order valence-electron chi connectivity index (χ1n) is 5.22. The van der Waals surface area contributed by atoms with Crippen molar-refractivity contribution in [1.29, 1.82) is 0 Å². The summed E-state index contributed by atoms with van der Waals surface area (Å²) in [4.78, 5) is 0. The van der Waals surface area contributed by atoms with Crippen LogP contribution in [-0.2, 0) is 6.18 Å². The number of fused-ring (bicyclic) bond motifs is 1. The topological polar surface area (TPSA) is 9.23 Å². The second kappa shape index (κ2) is 4.77. The molecule has 0 aliphatic carbocycles. The second-order valence-electron chi connectivity index (χ2n) is 4.11. The minimum atomic E-state index is -4.48. The molecule has 1 nitrogen and oxygen atoms in total. The Balaban J connectivity index is 2.48. The molecule has 7 heteroatoms. The molecule has 0 atom stereocenters. The summed E-state index contributed by atoms with van der Waals surface area (Å²) in [5, 5.41) is 0. The van der Waals surface area contributed by atoms with Gasteiger partial charge < -0.3 is 4.74 Å². The van der Waals surface area contributed by atoms with Gasteiger partial charge in [-0.05, 0) is 24.3 Å². The van der Waals surface area contributed by atoms with E-state index in [-0.39, 0.29) is 15.8 Å². The molecule has 0 fully saturated rings. The normalized spacial score (nSPS) is 17.5. The van der Waals surface area contributed by atoms with E-state index < -0.39 is 30.7 Å². The third kappa shape index (κ3) is 2.48. The Morgan fingerprint density at radius 1 is 1.16 bits per heavy atom. The van der Waals surface area contributed by atoms with E-state index >= 15 is 0 Å². The Morgan fingerprint density at radius 2 is 1.79 bits per heavy atom. The fraction of sp³-hybridized carbons (Fsp3) is 0.333. The highest BCUT2D eigenvalue weighted by molar-refractivity contribution is 9.11. The molecule has 0 bridgehead atoms. The summed E-state index contributed by atoms with van der Waals surface area (Å²) in [6.45, 7) is -2.25. The number of alkyl halides is 5. The smallest absolute Gasteiger partial charge is 0.416 e. The SMILES string of the molecule is FCC1(CF)Oc2ccc(C(F)(F)F)cc2C=C1Br. The van der Waals surface area contributed by atoms with Gasteiger partial charge in [0.25, 0.3) is 0 Å². The highest BCUT2D eigenvalue weighted by atomic mass is 79.9. The second-order valence-corrected chi connectivity index (χ2v) is 4.96. The van der Waals surface area contributed by atoms with Crippen LogP contribution >= 0.6 is 15.9 Å². The predicted octanol–water partition coefficient (Wildman–Crippen LogP) is 4.51. The van der Waals surface area contributed by atoms with E-state index in [2.05, 4.69) is 15.9 Å². The first-order valence-corrected chi connectivity index (χ1v) is 6.01. The monoisotopic (exact) mass is 342 g/mol. The molecule has 0 N–H and O–H groups in total. The van der Waals surface area contributed by atoms with Crippen molar-refractivity contribution in [2.24, 2.45) is 0 Å². The number of hydrogen-bond donors (Lipinski definition) is 0. The van der Waals surface area contributed by atoms with Crippen LogP contribution in [0.5, 0.6) is 5.75 Å². The van der Waals surface area contributed by atoms with Crippen LogP contribution in [0.3, 0.4) is 0 Å². The van der Waals surface area contributed by atoms with Crippen LogP contribution in [0.1, 0.15) is 11.1 Å². The van der Waals surface area contributed by atoms with Crippen molar-refractivity contribution in [2.45, 2.75) is 11.8 Å². The molecule has 0 unspecified atom stereocenters. The molecule has 2 rings (SSSR count). The first kappa shape index (κ1) is 14.3. The Kier molecular flexibility index (Phi) is 3.59. The van der Waals surface area contributed by atoms with Gasteiger partial charge in [-0.2, -0.15) is 13.2 Å². The molecule has 1 heterocycles. The lowest BCUT2D eigenvalue weighted by Crippen LogP contribution is -2.43. The van der Waals surface area contributed by atoms with Gasteiger partial charge in [0, 0.05) is 10.0 Å². The fourth-order valence-electron chi connectivity index (χ4n) is 1.68. The molecule has 0 aromatic heterocycles. The van der Waals surface area contributed by atoms with Crippen LogP contribution in [0.2, 0.25) is 0 Å². The maximum atomic E-state index is 12.9. The third-order valence-corrected chi connectivity index (χ3v) is 3.74. The van der Waals surface area contributed by atoms with E-state index in [1.54, 1.807) is 0 Å². The van der Waals surface area contributed by atoms with Crippen molar-refractivity contribution in [1.82, 2.24) is 0 Å². The van der Waals surface area contributed by atoms with Crippen LogP contribution in [-0.4, -0.2) is 19.0 Å². The Hall–Kier alpha value is -1.11. The number of halogens is 6. The van der Waals surface area contributed by atoms with Crippen molar-refractivity contribution >= 4 is 22.0 Å². The lowest BCUT2D eigenvalue weighted by Gasteiger charge is -2.33. The highest BCUT2D eigenvalue weighted by Gasteiger charge is 2.40. The van der Waals surface area contributed by atoms with Gasteiger partial charge in [0.05, 0.1) is 5.56 Å². The van der Waals surface area contributed by atoms with Gasteiger partial charge in [-0.3, -0.25) is 0 Å². The zero-order chi connectivity index (χ0) is 14.3. The van der Waals surface area contributed by atoms with Gasteiger partial charge in [0.2, 0.25) is 0 Å². The molecule has 0 spiro atoms. The van der Waals surface area contributed by atoms with E-state index in [4.69, 9.17) is 4.74 Å². The van der Waals surface area contributed by atoms with Gasteiger partial charge in [-0.25, -0.2) is 8.78 Å². The van der Waals surface area contributed by atoms with E-state index in [0.29, 0.717) is 0 Å². The van der Waals surface area contributed by atoms with Crippen molar-refractivity contribution in [3.05, 3.63) is 33.8 Å². The Labute approximate surface area is 114 Å². The van der Waals surface area contributed by atoms with Crippen LogP contribution in [0, 0.1) is 0 Å². The van der Waals surface area contributed by atoms with Crippen molar-refractivity contribution in [3.8, 4) is 5.75 Å². The van der Waals surface area contributed by atoms with Crippen LogP contribution in [0.4, 0.5) is 22.0 Å². The standard InChI is InChI=1S/C12H8BrF5O/c13-10-4-7-3-8(12(16,17)18)1-2-9(7)19-11(10,5-14)6-15/h1-4H,5-6H2. The molecule has 0 saturated heterocycles. The first-order chi connectivity index (χ1) is 8.82. The molecule has 0 radical (unpaired) electrons. The minimum Gasteiger partial charge on any atom is -0.476 e. The van der Waals surface area contributed by atoms with Gasteiger partial charge in [-0.15, -0.1) is 0 Å². The Bertz CT molecular complexity index is 519. The number of benzene rings is 1. The third-order valence-electron chi connectivity index (χ3n) is 2.79. The van der Waals surface area contributed by atoms with Crippen LogP contribution < -0.4 is 4.74 Å². The lowest BCUT2D eigenvalue weighted by atomic mass is 9.99. The molecule has 19 heavy (non-hydrogen) atoms. The van der Waals surface area contributed by atoms with Crippen molar-refractivity contribution in [3.63, 3.8) is 0 Å². The van der Waals surface area contributed by atoms with Gasteiger partial charge in [-0.1, -0.05) is 15.9 Å². The molecule has 1 aliphatic heterocycles. The lowest BCUT2D eigenvalue weighted by molar-refractivity contribution is -0.137. The van der Waals surface area contributed by atoms with Crippen LogP contribution in [0.15, 0.2) is 22.7 Å². The highest BCUT2D eigenvalue weighted by Crippen LogP contribution is 2.41. The molecule has 1 aromatic rings. The van der Waals surface area contributed by atoms with Gasteiger partial charge >= 0.3 is 6.18 Å². The predicted molar refractivity (Wildman–Crippen MR) is 63.7 cm³/mol. The van der Waals surface area contributed by atoms with E-state index in [1.165, 1.54) is 6.08 Å². The van der Waals surface area contributed by atoms with Crippen LogP contribution in [0.25, 0.3) is 6.08 Å². The zero-order valence-corrected chi connectivity index (χ0v) is 11.0. The Morgan fingerprint density at radius 3 is 2.32 bits per heavy atom. The van der Waals surface area contributed by atoms with E-state index in [1.807, 2.05) is 0 Å². The average Bonchev–Trinajstić information content (AvgIpc) is 2.36. The summed E-state index contributed by atoms with van der Waals surface area (Å²) in [6.07, 6.45) is -3.24. The summed E-state index contributed by atoms with van der Waals surface area (Å²) in [5.74, 6) is 0.0199. The van der Waals surface area contributed by atoms with E-state index in [0.717, 1.165) is 18.2 Å². The fourth-order valence-corrected chi connectivity index (χ4v) is 2.22. The maximum absolute atomic E-state index is 12.9. The van der Waals surface area contributed by atoms with E-state index in [9.17, 15) is 22.0 Å². The molecular weight excluding hydrogens is 335 g/mol. The quantitative estimate of drug-likeness (QED) is 0.718. The summed E-state index contributed by atoms with van der Waals surface area (Å²) < 4.78 is 68.7. The number of rotatable bonds is 2. The summed E-state index contributed by atoms with van der Waals surface area (Å²) in [7, 11) is 0. The van der Waals surface area contributed by atoms with Crippen molar-refractivity contribution < 1.29 is 26.7 Å². The summed E-state index contributed by atoms with van der Waals surface area (Å²) in [5.41, 5.74) is -2.52. The molecule has 0 amide bonds. The summed E-state index contributed by atoms with van der Waals surface area (Å²) in [6, 6.07) is 2.75. The minimum absolute atomic E-state index is 0.0199. The molecule has 104 valence electrons. The molecule has 1 aromatic carbocycles. The van der Waals surface area contributed by atoms with Gasteiger partial charge in [0.1, 0.15) is 19.1 Å². The zero-order valence-electron chi connectivity index (χ0n) is 9.40. The average molecular weight is 343 g/mol. The molecular formula is C12H8BrF5O. The number of hydrogen-bond acceptors (Lipinski definition) is 1. The summed E-state index contributed by atoms with van der Waals surface area (Å²) >= 11 is 2.95. The van der Waals surface area contributed by atoms with Gasteiger partial charge in [0.15, 0.2) is 5.60 Å². The molecule has 0 saturated carbocycles. The largest absolute Gasteiger partial charge is 0.476 e. The molecule has 1 aliphatic rings. The number of ether oxygens (including phenoxy) is 1.